The van der Waals surface area contributed by atoms with Crippen LogP contribution in [0.5, 0.6) is 0 Å². The molecule has 0 bridgehead atoms. The fraction of sp³-hybridized carbons (Fsp3) is 0.208. The Bertz CT molecular complexity index is 1330. The van der Waals surface area contributed by atoms with Gasteiger partial charge in [-0.3, -0.25) is 9.78 Å². The van der Waals surface area contributed by atoms with Crippen molar-refractivity contribution in [1.82, 2.24) is 24.7 Å². The first-order valence-corrected chi connectivity index (χ1v) is 10.7. The van der Waals surface area contributed by atoms with Crippen LogP contribution in [-0.4, -0.2) is 42.8 Å². The van der Waals surface area contributed by atoms with Gasteiger partial charge in [-0.15, -0.1) is 0 Å². The van der Waals surface area contributed by atoms with Crippen molar-refractivity contribution in [3.05, 3.63) is 78.0 Å². The molecule has 10 heteroatoms. The van der Waals surface area contributed by atoms with Gasteiger partial charge < -0.3 is 21.1 Å². The molecule has 4 N–H and O–H groups in total. The van der Waals surface area contributed by atoms with Crippen molar-refractivity contribution in [2.45, 2.75) is 26.4 Å². The molecular weight excluding hydrogens is 432 g/mol. The number of nitrogens with one attached hydrogen (secondary N) is 3. The highest BCUT2D eigenvalue weighted by molar-refractivity contribution is 6.04. The summed E-state index contributed by atoms with van der Waals surface area (Å²) in [5, 5.41) is 23.8. The van der Waals surface area contributed by atoms with Gasteiger partial charge in [0.25, 0.3) is 5.91 Å². The zero-order chi connectivity index (χ0) is 24.3. The molecular formula is C24H26N8O2. The van der Waals surface area contributed by atoms with Gasteiger partial charge in [-0.25, -0.2) is 9.97 Å². The molecule has 3 heterocycles. The lowest BCUT2D eigenvalue weighted by Gasteiger charge is -2.17. The fourth-order valence-corrected chi connectivity index (χ4v) is 3.26. The van der Waals surface area contributed by atoms with Gasteiger partial charge in [0.2, 0.25) is 0 Å². The minimum atomic E-state index is -1.14. The van der Waals surface area contributed by atoms with Crippen LogP contribution < -0.4 is 16.0 Å². The second-order valence-electron chi connectivity index (χ2n) is 8.24. The van der Waals surface area contributed by atoms with Gasteiger partial charge in [0, 0.05) is 42.3 Å². The maximum atomic E-state index is 12.8. The first kappa shape index (κ1) is 22.9. The van der Waals surface area contributed by atoms with E-state index in [9.17, 15) is 9.90 Å². The Balaban J connectivity index is 1.56. The molecule has 174 valence electrons. The highest BCUT2D eigenvalue weighted by Crippen LogP contribution is 2.26. The highest BCUT2D eigenvalue weighted by atomic mass is 16.3. The van der Waals surface area contributed by atoms with E-state index in [-0.39, 0.29) is 5.91 Å². The number of benzene rings is 1. The van der Waals surface area contributed by atoms with Gasteiger partial charge in [0.15, 0.2) is 5.82 Å². The van der Waals surface area contributed by atoms with Crippen LogP contribution in [0.1, 0.15) is 35.5 Å². The molecule has 34 heavy (non-hydrogen) atoms. The van der Waals surface area contributed by atoms with Gasteiger partial charge in [0.1, 0.15) is 23.6 Å². The van der Waals surface area contributed by atoms with E-state index >= 15 is 0 Å². The minimum absolute atomic E-state index is 0.298. The Morgan fingerprint density at radius 3 is 2.62 bits per heavy atom. The summed E-state index contributed by atoms with van der Waals surface area (Å²) >= 11 is 0. The molecule has 0 aliphatic heterocycles. The Kier molecular flexibility index (Phi) is 6.24. The number of aliphatic hydroxyl groups is 1. The number of aryl methyl sites for hydroxylation is 1. The van der Waals surface area contributed by atoms with Crippen LogP contribution in [0.3, 0.4) is 0 Å². The number of carbonyl (C=O) groups excluding carboxylic acids is 1. The normalized spacial score (nSPS) is 11.2. The van der Waals surface area contributed by atoms with E-state index in [1.165, 1.54) is 12.5 Å². The molecule has 0 saturated heterocycles. The van der Waals surface area contributed by atoms with Gasteiger partial charge >= 0.3 is 0 Å². The molecule has 0 saturated carbocycles. The quantitative estimate of drug-likeness (QED) is 0.330. The Morgan fingerprint density at radius 2 is 1.85 bits per heavy atom. The predicted molar refractivity (Wildman–Crippen MR) is 131 cm³/mol. The third-order valence-corrected chi connectivity index (χ3v) is 5.18. The zero-order valence-corrected chi connectivity index (χ0v) is 19.4. The van der Waals surface area contributed by atoms with E-state index in [2.05, 4.69) is 36.0 Å². The van der Waals surface area contributed by atoms with Crippen molar-refractivity contribution in [1.29, 1.82) is 0 Å². The predicted octanol–water partition coefficient (Wildman–Crippen LogP) is 3.63. The average molecular weight is 459 g/mol. The van der Waals surface area contributed by atoms with E-state index in [0.717, 1.165) is 11.3 Å². The summed E-state index contributed by atoms with van der Waals surface area (Å²) in [4.78, 5) is 25.4. The largest absolute Gasteiger partial charge is 0.384 e. The van der Waals surface area contributed by atoms with Crippen LogP contribution in [0, 0.1) is 6.92 Å². The topological polar surface area (TPSA) is 130 Å². The number of carbonyl (C=O) groups is 1. The third kappa shape index (κ3) is 5.02. The summed E-state index contributed by atoms with van der Waals surface area (Å²) < 4.78 is 1.67. The van der Waals surface area contributed by atoms with Crippen molar-refractivity contribution in [3.8, 4) is 5.82 Å². The van der Waals surface area contributed by atoms with E-state index in [1.54, 1.807) is 50.0 Å². The number of hydrogen-bond donors (Lipinski definition) is 4. The number of hydrogen-bond acceptors (Lipinski definition) is 8. The second-order valence-corrected chi connectivity index (χ2v) is 8.24. The first-order chi connectivity index (χ1) is 16.2. The van der Waals surface area contributed by atoms with E-state index in [4.69, 9.17) is 0 Å². The maximum Gasteiger partial charge on any atom is 0.255 e. The number of rotatable bonds is 7. The van der Waals surface area contributed by atoms with E-state index in [1.807, 2.05) is 31.2 Å². The second kappa shape index (κ2) is 9.28. The van der Waals surface area contributed by atoms with Crippen LogP contribution in [0.15, 0.2) is 61.2 Å². The van der Waals surface area contributed by atoms with Gasteiger partial charge in [0.05, 0.1) is 11.9 Å². The van der Waals surface area contributed by atoms with Crippen LogP contribution in [0.4, 0.5) is 23.0 Å². The van der Waals surface area contributed by atoms with Crippen molar-refractivity contribution >= 4 is 28.9 Å². The molecule has 3 aromatic heterocycles. The Hall–Kier alpha value is -4.31. The molecule has 0 spiro atoms. The lowest BCUT2D eigenvalue weighted by Crippen LogP contribution is -2.19. The molecule has 4 aromatic rings. The molecule has 0 unspecified atom stereocenters. The minimum Gasteiger partial charge on any atom is -0.384 e. The number of amides is 1. The molecule has 0 aliphatic carbocycles. The van der Waals surface area contributed by atoms with E-state index < -0.39 is 5.60 Å². The molecule has 1 aromatic carbocycles. The molecule has 0 atom stereocenters. The third-order valence-electron chi connectivity index (χ3n) is 5.18. The highest BCUT2D eigenvalue weighted by Gasteiger charge is 2.19. The van der Waals surface area contributed by atoms with Crippen molar-refractivity contribution in [3.63, 3.8) is 0 Å². The molecule has 0 radical (unpaired) electrons. The van der Waals surface area contributed by atoms with Gasteiger partial charge in [-0.1, -0.05) is 6.07 Å². The smallest absolute Gasteiger partial charge is 0.255 e. The summed E-state index contributed by atoms with van der Waals surface area (Å²) in [5.74, 6) is 1.69. The van der Waals surface area contributed by atoms with Gasteiger partial charge in [-0.2, -0.15) is 9.78 Å². The standard InChI is InChI=1S/C24H26N8O2/c1-15-5-6-17(30-23(33)16-7-9-26-19(11-16)24(2,3)34)12-18(15)31-21-8-10-29-32(21)22-13-20(25-4)27-14-28-22/h5-14,31,34H,1-4H3,(H,30,33)(H,25,27,28). The Morgan fingerprint density at radius 1 is 1.03 bits per heavy atom. The summed E-state index contributed by atoms with van der Waals surface area (Å²) in [5.41, 5.74) is 2.09. The van der Waals surface area contributed by atoms with Crippen molar-refractivity contribution in [2.24, 2.45) is 0 Å². The molecule has 0 aliphatic rings. The number of nitrogens with zero attached hydrogens (tertiary/aromatic N) is 5. The summed E-state index contributed by atoms with van der Waals surface area (Å²) in [6.07, 6.45) is 4.66. The van der Waals surface area contributed by atoms with Crippen molar-refractivity contribution in [2.75, 3.05) is 23.0 Å². The number of anilines is 4. The molecule has 4 rings (SSSR count). The SMILES string of the molecule is CNc1cc(-n2nccc2Nc2cc(NC(=O)c3ccnc(C(C)(C)O)c3)ccc2C)ncn1. The van der Waals surface area contributed by atoms with Crippen LogP contribution in [0.2, 0.25) is 0 Å². The fourth-order valence-electron chi connectivity index (χ4n) is 3.26. The van der Waals surface area contributed by atoms with Crippen LogP contribution in [-0.2, 0) is 5.60 Å². The average Bonchev–Trinajstić information content (AvgIpc) is 3.29. The maximum absolute atomic E-state index is 12.8. The zero-order valence-electron chi connectivity index (χ0n) is 19.4. The first-order valence-electron chi connectivity index (χ1n) is 10.7. The van der Waals surface area contributed by atoms with Crippen LogP contribution >= 0.6 is 0 Å². The lowest BCUT2D eigenvalue weighted by molar-refractivity contribution is 0.0737. The van der Waals surface area contributed by atoms with Crippen molar-refractivity contribution < 1.29 is 9.90 Å². The summed E-state index contributed by atoms with van der Waals surface area (Å²) in [7, 11) is 1.79. The molecule has 0 fully saturated rings. The number of aromatic nitrogens is 5. The number of pyridine rings is 1. The Labute approximate surface area is 197 Å². The van der Waals surface area contributed by atoms with E-state index in [0.29, 0.717) is 34.4 Å². The summed E-state index contributed by atoms with van der Waals surface area (Å²) in [6.45, 7) is 5.22. The summed E-state index contributed by atoms with van der Waals surface area (Å²) in [6, 6.07) is 12.4. The van der Waals surface area contributed by atoms with Gasteiger partial charge in [-0.05, 0) is 50.6 Å². The lowest BCUT2D eigenvalue weighted by atomic mass is 10.0. The van der Waals surface area contributed by atoms with Crippen LogP contribution in [0.25, 0.3) is 5.82 Å². The molecule has 10 nitrogen and oxygen atoms in total. The monoisotopic (exact) mass is 458 g/mol. The molecule has 1 amide bonds.